The number of hydrogen-bond donors (Lipinski definition) is 1. The normalized spacial score (nSPS) is 15.4. The predicted octanol–water partition coefficient (Wildman–Crippen LogP) is 7.78. The van der Waals surface area contributed by atoms with Crippen molar-refractivity contribution in [1.29, 1.82) is 0 Å². The summed E-state index contributed by atoms with van der Waals surface area (Å²) in [4.78, 5) is 4.47. The Morgan fingerprint density at radius 1 is 0.912 bits per heavy atom. The summed E-state index contributed by atoms with van der Waals surface area (Å²) in [6.07, 6.45) is 0.784. The maximum absolute atomic E-state index is 13.6. The van der Waals surface area contributed by atoms with E-state index in [4.69, 9.17) is 11.6 Å². The van der Waals surface area contributed by atoms with Crippen molar-refractivity contribution in [2.75, 3.05) is 0 Å². The molecule has 0 saturated heterocycles. The number of nitrogens with zero attached hydrogens (tertiary/aromatic N) is 1. The first-order chi connectivity index (χ1) is 16.2. The Hall–Kier alpha value is -3.48. The van der Waals surface area contributed by atoms with Crippen LogP contribution in [-0.4, -0.2) is 10.1 Å². The van der Waals surface area contributed by atoms with Gasteiger partial charge in [0.15, 0.2) is 0 Å². The molecular formula is C27H16ClF4NO. The fourth-order valence-electron chi connectivity index (χ4n) is 4.09. The van der Waals surface area contributed by atoms with Gasteiger partial charge in [-0.3, -0.25) is 0 Å². The third-order valence-corrected chi connectivity index (χ3v) is 6.06. The van der Waals surface area contributed by atoms with Gasteiger partial charge in [0, 0.05) is 5.39 Å². The van der Waals surface area contributed by atoms with E-state index < -0.39 is 23.7 Å². The minimum Gasteiger partial charge on any atom is -0.384 e. The molecule has 0 aliphatic heterocycles. The summed E-state index contributed by atoms with van der Waals surface area (Å²) in [5, 5.41) is 11.6. The molecule has 2 nitrogen and oxygen atoms in total. The monoisotopic (exact) mass is 481 g/mol. The molecule has 0 spiro atoms. The smallest absolute Gasteiger partial charge is 0.384 e. The van der Waals surface area contributed by atoms with Gasteiger partial charge in [-0.05, 0) is 64.2 Å². The Morgan fingerprint density at radius 3 is 2.53 bits per heavy atom. The molecule has 1 atom stereocenters. The third kappa shape index (κ3) is 4.11. The molecule has 3 aromatic carbocycles. The summed E-state index contributed by atoms with van der Waals surface area (Å²) in [6.45, 7) is 0. The maximum atomic E-state index is 13.6. The zero-order chi connectivity index (χ0) is 24.0. The first-order valence-corrected chi connectivity index (χ1v) is 10.7. The van der Waals surface area contributed by atoms with Crippen molar-refractivity contribution in [2.45, 2.75) is 12.3 Å². The summed E-state index contributed by atoms with van der Waals surface area (Å²) in [6, 6.07) is 15.4. The standard InChI is InChI=1S/C27H16ClF4NO/c28-23-14-25-17(13-24(23)29)7-10-18(33-25)9-5-15-4-6-16-8-11-19-20(26(34)21(16)12-15)2-1-3-22(19)27(30,31)32/h1-14,26,34H. The molecule has 4 aromatic rings. The second kappa shape index (κ2) is 8.38. The first-order valence-electron chi connectivity index (χ1n) is 10.3. The molecule has 1 aliphatic rings. The summed E-state index contributed by atoms with van der Waals surface area (Å²) in [5.74, 6) is -0.513. The van der Waals surface area contributed by atoms with Crippen LogP contribution in [0.1, 0.15) is 45.2 Å². The quantitative estimate of drug-likeness (QED) is 0.296. The van der Waals surface area contributed by atoms with E-state index in [9.17, 15) is 22.7 Å². The van der Waals surface area contributed by atoms with Crippen LogP contribution in [0.4, 0.5) is 17.6 Å². The molecule has 7 heteroatoms. The van der Waals surface area contributed by atoms with Crippen LogP contribution < -0.4 is 0 Å². The highest BCUT2D eigenvalue weighted by molar-refractivity contribution is 6.31. The fourth-order valence-corrected chi connectivity index (χ4v) is 4.25. The summed E-state index contributed by atoms with van der Waals surface area (Å²) < 4.78 is 54.1. The Bertz CT molecular complexity index is 1490. The van der Waals surface area contributed by atoms with Crippen molar-refractivity contribution in [1.82, 2.24) is 4.98 Å². The van der Waals surface area contributed by atoms with E-state index >= 15 is 0 Å². The van der Waals surface area contributed by atoms with Crippen molar-refractivity contribution in [2.24, 2.45) is 0 Å². The number of benzene rings is 3. The molecule has 0 fully saturated rings. The minimum absolute atomic E-state index is 0.0112. The molecular weight excluding hydrogens is 466 g/mol. The maximum Gasteiger partial charge on any atom is 0.416 e. The predicted molar refractivity (Wildman–Crippen MR) is 127 cm³/mol. The lowest BCUT2D eigenvalue weighted by Crippen LogP contribution is -2.11. The Morgan fingerprint density at radius 2 is 1.74 bits per heavy atom. The van der Waals surface area contributed by atoms with Gasteiger partial charge in [0.1, 0.15) is 11.9 Å². The number of hydrogen-bond acceptors (Lipinski definition) is 2. The van der Waals surface area contributed by atoms with Crippen LogP contribution in [0.15, 0.2) is 60.7 Å². The minimum atomic E-state index is -4.53. The number of alkyl halides is 3. The van der Waals surface area contributed by atoms with Crippen molar-refractivity contribution in [3.8, 4) is 0 Å². The van der Waals surface area contributed by atoms with Gasteiger partial charge in [-0.15, -0.1) is 0 Å². The molecule has 0 amide bonds. The number of aliphatic hydroxyl groups excluding tert-OH is 1. The Labute approximate surface area is 197 Å². The number of aromatic nitrogens is 1. The van der Waals surface area contributed by atoms with Gasteiger partial charge in [0.25, 0.3) is 0 Å². The lowest BCUT2D eigenvalue weighted by Gasteiger charge is -2.18. The average molecular weight is 482 g/mol. The molecule has 1 unspecified atom stereocenters. The second-order valence-corrected chi connectivity index (χ2v) is 8.37. The van der Waals surface area contributed by atoms with Gasteiger partial charge in [-0.25, -0.2) is 9.37 Å². The topological polar surface area (TPSA) is 33.1 Å². The first kappa shape index (κ1) is 22.3. The van der Waals surface area contributed by atoms with Crippen LogP contribution in [0.3, 0.4) is 0 Å². The van der Waals surface area contributed by atoms with Gasteiger partial charge in [0.2, 0.25) is 0 Å². The van der Waals surface area contributed by atoms with Gasteiger partial charge in [0.05, 0.1) is 21.8 Å². The molecule has 1 N–H and O–H groups in total. The highest BCUT2D eigenvalue weighted by Crippen LogP contribution is 2.40. The summed E-state index contributed by atoms with van der Waals surface area (Å²) in [7, 11) is 0. The SMILES string of the molecule is OC1c2cc(C=Cc3ccc4cc(F)c(Cl)cc4n3)ccc2C=Cc2c1cccc2C(F)(F)F. The molecule has 1 aromatic heterocycles. The van der Waals surface area contributed by atoms with Crippen LogP contribution in [-0.2, 0) is 6.18 Å². The Balaban J connectivity index is 1.50. The lowest BCUT2D eigenvalue weighted by molar-refractivity contribution is -0.137. The Kier molecular flexibility index (Phi) is 5.50. The summed E-state index contributed by atoms with van der Waals surface area (Å²) in [5.41, 5.74) is 2.42. The van der Waals surface area contributed by atoms with E-state index in [1.165, 1.54) is 30.3 Å². The molecule has 170 valence electrons. The van der Waals surface area contributed by atoms with Crippen LogP contribution in [0.25, 0.3) is 35.2 Å². The largest absolute Gasteiger partial charge is 0.416 e. The van der Waals surface area contributed by atoms with E-state index in [1.54, 1.807) is 48.6 Å². The number of rotatable bonds is 2. The van der Waals surface area contributed by atoms with Crippen molar-refractivity contribution < 1.29 is 22.7 Å². The van der Waals surface area contributed by atoms with Gasteiger partial charge in [-0.1, -0.05) is 60.2 Å². The van der Waals surface area contributed by atoms with E-state index in [-0.39, 0.29) is 16.1 Å². The van der Waals surface area contributed by atoms with Crippen molar-refractivity contribution in [3.63, 3.8) is 0 Å². The zero-order valence-corrected chi connectivity index (χ0v) is 18.2. The highest BCUT2D eigenvalue weighted by atomic mass is 35.5. The molecule has 0 bridgehead atoms. The van der Waals surface area contributed by atoms with Gasteiger partial charge < -0.3 is 5.11 Å². The molecule has 1 heterocycles. The fraction of sp³-hybridized carbons (Fsp3) is 0.0741. The van der Waals surface area contributed by atoms with Crippen LogP contribution >= 0.6 is 11.6 Å². The zero-order valence-electron chi connectivity index (χ0n) is 17.4. The van der Waals surface area contributed by atoms with Gasteiger partial charge >= 0.3 is 6.18 Å². The number of pyridine rings is 1. The molecule has 34 heavy (non-hydrogen) atoms. The highest BCUT2D eigenvalue weighted by Gasteiger charge is 2.35. The van der Waals surface area contributed by atoms with Crippen LogP contribution in [0, 0.1) is 5.82 Å². The van der Waals surface area contributed by atoms with Crippen LogP contribution in [0.2, 0.25) is 5.02 Å². The van der Waals surface area contributed by atoms with Crippen molar-refractivity contribution in [3.05, 3.63) is 111 Å². The lowest BCUT2D eigenvalue weighted by atomic mass is 9.93. The molecule has 5 rings (SSSR count). The van der Waals surface area contributed by atoms with E-state index in [0.717, 1.165) is 11.6 Å². The van der Waals surface area contributed by atoms with Gasteiger partial charge in [-0.2, -0.15) is 13.2 Å². The van der Waals surface area contributed by atoms with E-state index in [1.807, 2.05) is 0 Å². The van der Waals surface area contributed by atoms with Crippen LogP contribution in [0.5, 0.6) is 0 Å². The number of fused-ring (bicyclic) bond motifs is 3. The third-order valence-electron chi connectivity index (χ3n) is 5.77. The number of aliphatic hydroxyl groups is 1. The van der Waals surface area contributed by atoms with E-state index in [2.05, 4.69) is 4.98 Å². The molecule has 1 aliphatic carbocycles. The molecule has 0 saturated carbocycles. The van der Waals surface area contributed by atoms with E-state index in [0.29, 0.717) is 27.7 Å². The molecule has 0 radical (unpaired) electrons. The summed E-state index contributed by atoms with van der Waals surface area (Å²) >= 11 is 5.85. The average Bonchev–Trinajstić information content (AvgIpc) is 2.94. The second-order valence-electron chi connectivity index (χ2n) is 7.96. The van der Waals surface area contributed by atoms with Crippen molar-refractivity contribution >= 4 is 46.8 Å². The number of halogens is 5.